The molecule has 2 N–H and O–H groups in total. The number of benzene rings is 2. The first-order chi connectivity index (χ1) is 14.2. The van der Waals surface area contributed by atoms with E-state index in [1.165, 1.54) is 12.0 Å². The first-order valence-corrected chi connectivity index (χ1v) is 12.5. The molecule has 0 spiro atoms. The van der Waals surface area contributed by atoms with Crippen molar-refractivity contribution in [3.8, 4) is 11.8 Å². The van der Waals surface area contributed by atoms with Gasteiger partial charge in [0.15, 0.2) is 0 Å². The Labute approximate surface area is 184 Å². The summed E-state index contributed by atoms with van der Waals surface area (Å²) in [4.78, 5) is 0. The molecule has 1 aliphatic rings. The summed E-state index contributed by atoms with van der Waals surface area (Å²) in [5.74, 6) is 8.98. The maximum absolute atomic E-state index is 11.7. The predicted molar refractivity (Wildman–Crippen MR) is 128 cm³/mol. The molecular weight excluding hydrogens is 394 g/mol. The van der Waals surface area contributed by atoms with Crippen LogP contribution in [0.15, 0.2) is 60.7 Å². The van der Waals surface area contributed by atoms with E-state index in [9.17, 15) is 5.11 Å². The molecular formula is C25H31NOS2. The van der Waals surface area contributed by atoms with Crippen LogP contribution >= 0.6 is 23.5 Å². The van der Waals surface area contributed by atoms with Gasteiger partial charge in [0.2, 0.25) is 0 Å². The summed E-state index contributed by atoms with van der Waals surface area (Å²) in [6, 6.07) is 20.9. The molecule has 3 rings (SSSR count). The summed E-state index contributed by atoms with van der Waals surface area (Å²) in [7, 11) is 1.97. The maximum Gasteiger partial charge on any atom is 0.111 e. The second-order valence-electron chi connectivity index (χ2n) is 7.40. The molecule has 2 nitrogen and oxygen atoms in total. The van der Waals surface area contributed by atoms with Crippen molar-refractivity contribution in [2.24, 2.45) is 0 Å². The van der Waals surface area contributed by atoms with Gasteiger partial charge in [0.05, 0.1) is 10.6 Å². The molecule has 0 saturated carbocycles. The average Bonchev–Trinajstić information content (AvgIpc) is 2.80. The van der Waals surface area contributed by atoms with Crippen LogP contribution in [0.1, 0.15) is 36.8 Å². The number of aliphatic hydroxyl groups is 1. The quantitative estimate of drug-likeness (QED) is 0.578. The van der Waals surface area contributed by atoms with Gasteiger partial charge >= 0.3 is 0 Å². The van der Waals surface area contributed by atoms with Crippen molar-refractivity contribution in [3.63, 3.8) is 0 Å². The fourth-order valence-corrected chi connectivity index (χ4v) is 6.84. The number of hydrogen-bond acceptors (Lipinski definition) is 4. The zero-order valence-corrected chi connectivity index (χ0v) is 18.8. The minimum absolute atomic E-state index is 0.179. The topological polar surface area (TPSA) is 32.3 Å². The Balaban J connectivity index is 1.60. The Morgan fingerprint density at radius 2 is 1.72 bits per heavy atom. The lowest BCUT2D eigenvalue weighted by atomic mass is 9.90. The molecule has 2 unspecified atom stereocenters. The Morgan fingerprint density at radius 3 is 2.38 bits per heavy atom. The fraction of sp³-hybridized carbons (Fsp3) is 0.440. The number of hydrogen-bond donors (Lipinski definition) is 2. The number of rotatable bonds is 8. The van der Waals surface area contributed by atoms with Crippen molar-refractivity contribution in [1.29, 1.82) is 0 Å². The fourth-order valence-electron chi connectivity index (χ4n) is 3.58. The third kappa shape index (κ3) is 6.55. The van der Waals surface area contributed by atoms with Crippen molar-refractivity contribution < 1.29 is 5.11 Å². The normalized spacial score (nSPS) is 17.7. The monoisotopic (exact) mass is 425 g/mol. The molecule has 2 aromatic carbocycles. The van der Waals surface area contributed by atoms with Crippen LogP contribution in [0.3, 0.4) is 0 Å². The van der Waals surface area contributed by atoms with Gasteiger partial charge in [-0.15, -0.1) is 29.4 Å². The summed E-state index contributed by atoms with van der Waals surface area (Å²) < 4.78 is 0.179. The lowest BCUT2D eigenvalue weighted by Crippen LogP contribution is -2.37. The Kier molecular flexibility index (Phi) is 9.01. The van der Waals surface area contributed by atoms with Gasteiger partial charge in [-0.05, 0) is 55.4 Å². The SMILES string of the molecule is CNC(C#CCCC(O)(c1ccccc1)C1SCCCS1)CCc1ccccc1. The van der Waals surface area contributed by atoms with Crippen LogP contribution in [0.25, 0.3) is 0 Å². The molecule has 2 aromatic rings. The highest BCUT2D eigenvalue weighted by Gasteiger charge is 2.39. The van der Waals surface area contributed by atoms with Gasteiger partial charge in [-0.25, -0.2) is 0 Å². The minimum Gasteiger partial charge on any atom is -0.383 e. The van der Waals surface area contributed by atoms with Gasteiger partial charge in [0.1, 0.15) is 5.60 Å². The first-order valence-electron chi connectivity index (χ1n) is 10.4. The largest absolute Gasteiger partial charge is 0.383 e. The zero-order chi connectivity index (χ0) is 20.4. The molecule has 0 aromatic heterocycles. The summed E-state index contributed by atoms with van der Waals surface area (Å²) in [6.45, 7) is 0. The summed E-state index contributed by atoms with van der Waals surface area (Å²) in [5, 5.41) is 15.0. The Morgan fingerprint density at radius 1 is 1.07 bits per heavy atom. The van der Waals surface area contributed by atoms with Crippen LogP contribution < -0.4 is 5.32 Å². The highest BCUT2D eigenvalue weighted by atomic mass is 32.2. The van der Waals surface area contributed by atoms with E-state index in [1.54, 1.807) is 0 Å². The molecule has 154 valence electrons. The Hall–Kier alpha value is -1.38. The standard InChI is InChI=1S/C25H31NOS2/c1-26-23(17-16-21-11-4-2-5-12-21)15-8-9-18-25(27,22-13-6-3-7-14-22)24-28-19-10-20-29-24/h2-7,11-14,23-24,26-27H,9-10,16-20H2,1H3. The van der Waals surface area contributed by atoms with Crippen molar-refractivity contribution in [2.45, 2.75) is 48.3 Å². The van der Waals surface area contributed by atoms with Gasteiger partial charge in [-0.2, -0.15) is 0 Å². The lowest BCUT2D eigenvalue weighted by Gasteiger charge is -2.37. The predicted octanol–water partition coefficient (Wildman–Crippen LogP) is 5.07. The molecule has 1 aliphatic heterocycles. The molecule has 0 aliphatic carbocycles. The van der Waals surface area contributed by atoms with Crippen molar-refractivity contribution >= 4 is 23.5 Å². The third-order valence-electron chi connectivity index (χ3n) is 5.31. The molecule has 2 atom stereocenters. The van der Waals surface area contributed by atoms with E-state index < -0.39 is 5.60 Å². The van der Waals surface area contributed by atoms with Crippen LogP contribution in [0.4, 0.5) is 0 Å². The molecule has 1 fully saturated rings. The Bertz CT molecular complexity index is 781. The second-order valence-corrected chi connectivity index (χ2v) is 10.1. The molecule has 1 saturated heterocycles. The van der Waals surface area contributed by atoms with E-state index in [-0.39, 0.29) is 10.6 Å². The highest BCUT2D eigenvalue weighted by molar-refractivity contribution is 8.17. The van der Waals surface area contributed by atoms with Crippen molar-refractivity contribution in [3.05, 3.63) is 71.8 Å². The van der Waals surface area contributed by atoms with E-state index in [0.717, 1.165) is 29.9 Å². The summed E-state index contributed by atoms with van der Waals surface area (Å²) in [6.07, 6.45) is 4.60. The minimum atomic E-state index is -0.829. The second kappa shape index (κ2) is 11.7. The molecule has 0 radical (unpaired) electrons. The van der Waals surface area contributed by atoms with Gasteiger partial charge in [0.25, 0.3) is 0 Å². The van der Waals surface area contributed by atoms with E-state index in [4.69, 9.17) is 0 Å². The average molecular weight is 426 g/mol. The zero-order valence-electron chi connectivity index (χ0n) is 17.1. The van der Waals surface area contributed by atoms with Gasteiger partial charge in [-0.1, -0.05) is 66.6 Å². The molecule has 4 heteroatoms. The van der Waals surface area contributed by atoms with Gasteiger partial charge in [0, 0.05) is 6.42 Å². The van der Waals surface area contributed by atoms with E-state index in [2.05, 4.69) is 59.6 Å². The van der Waals surface area contributed by atoms with Crippen LogP contribution in [0.5, 0.6) is 0 Å². The summed E-state index contributed by atoms with van der Waals surface area (Å²) >= 11 is 3.78. The van der Waals surface area contributed by atoms with E-state index in [1.807, 2.05) is 48.8 Å². The van der Waals surface area contributed by atoms with Crippen LogP contribution in [-0.4, -0.2) is 34.3 Å². The van der Waals surface area contributed by atoms with Crippen molar-refractivity contribution in [1.82, 2.24) is 5.32 Å². The van der Waals surface area contributed by atoms with E-state index >= 15 is 0 Å². The smallest absolute Gasteiger partial charge is 0.111 e. The summed E-state index contributed by atoms with van der Waals surface area (Å²) in [5.41, 5.74) is 1.53. The number of thioether (sulfide) groups is 2. The molecule has 1 heterocycles. The number of aryl methyl sites for hydroxylation is 1. The van der Waals surface area contributed by atoms with E-state index in [0.29, 0.717) is 12.8 Å². The third-order valence-corrected chi connectivity index (χ3v) is 8.56. The van der Waals surface area contributed by atoms with Crippen LogP contribution in [0, 0.1) is 11.8 Å². The maximum atomic E-state index is 11.7. The van der Waals surface area contributed by atoms with Gasteiger partial charge < -0.3 is 10.4 Å². The number of nitrogens with one attached hydrogen (secondary N) is 1. The lowest BCUT2D eigenvalue weighted by molar-refractivity contribution is 0.0464. The molecule has 0 bridgehead atoms. The molecule has 0 amide bonds. The first kappa shape index (κ1) is 22.3. The van der Waals surface area contributed by atoms with Crippen molar-refractivity contribution in [2.75, 3.05) is 18.6 Å². The highest BCUT2D eigenvalue weighted by Crippen LogP contribution is 2.45. The molecule has 29 heavy (non-hydrogen) atoms. The van der Waals surface area contributed by atoms with Crippen LogP contribution in [0.2, 0.25) is 0 Å². The van der Waals surface area contributed by atoms with Gasteiger partial charge in [-0.3, -0.25) is 0 Å². The van der Waals surface area contributed by atoms with Crippen LogP contribution in [-0.2, 0) is 12.0 Å².